The van der Waals surface area contributed by atoms with E-state index < -0.39 is 24.5 Å². The second-order valence-electron chi connectivity index (χ2n) is 7.62. The predicted octanol–water partition coefficient (Wildman–Crippen LogP) is 2.27. The highest BCUT2D eigenvalue weighted by atomic mass is 35.5. The SMILES string of the molecule is CC(=O)Nc1ccncc1-n1cnc(Cn2nc(-c3ccc(Cl)cc3)n(C[C@H](O)C(F)(F)F)c2=O)n1. The maximum Gasteiger partial charge on any atom is 0.416 e. The Morgan fingerprint density at radius 3 is 2.58 bits per heavy atom. The monoisotopic (exact) mass is 522 g/mol. The van der Waals surface area contributed by atoms with E-state index in [0.717, 1.165) is 9.25 Å². The van der Waals surface area contributed by atoms with Crippen molar-refractivity contribution in [3.05, 3.63) is 70.4 Å². The number of aliphatic hydroxyl groups is 1. The zero-order valence-corrected chi connectivity index (χ0v) is 19.3. The third-order valence-corrected chi connectivity index (χ3v) is 5.20. The minimum absolute atomic E-state index is 0.0976. The van der Waals surface area contributed by atoms with Crippen molar-refractivity contribution in [3.8, 4) is 17.1 Å². The number of pyridine rings is 1. The fourth-order valence-corrected chi connectivity index (χ4v) is 3.41. The van der Waals surface area contributed by atoms with E-state index in [2.05, 4.69) is 25.5 Å². The van der Waals surface area contributed by atoms with E-state index in [4.69, 9.17) is 11.6 Å². The number of hydrogen-bond donors (Lipinski definition) is 2. The molecule has 0 fully saturated rings. The summed E-state index contributed by atoms with van der Waals surface area (Å²) in [5.41, 5.74) is 0.236. The average molecular weight is 523 g/mol. The van der Waals surface area contributed by atoms with E-state index in [1.54, 1.807) is 6.07 Å². The van der Waals surface area contributed by atoms with Gasteiger partial charge in [-0.1, -0.05) is 11.6 Å². The molecule has 2 N–H and O–H groups in total. The zero-order chi connectivity index (χ0) is 26.0. The maximum atomic E-state index is 13.0. The quantitative estimate of drug-likeness (QED) is 0.380. The Morgan fingerprint density at radius 2 is 1.92 bits per heavy atom. The number of carbonyl (C=O) groups is 1. The molecule has 0 aliphatic rings. The highest BCUT2D eigenvalue weighted by Gasteiger charge is 2.39. The molecule has 0 radical (unpaired) electrons. The smallest absolute Gasteiger partial charge is 0.382 e. The minimum Gasteiger partial charge on any atom is -0.382 e. The summed E-state index contributed by atoms with van der Waals surface area (Å²) in [6.45, 7) is 0.00288. The number of hydrogen-bond acceptors (Lipinski definition) is 7. The molecule has 0 saturated carbocycles. The Labute approximate surface area is 205 Å². The normalized spacial score (nSPS) is 12.5. The Morgan fingerprint density at radius 1 is 1.19 bits per heavy atom. The zero-order valence-electron chi connectivity index (χ0n) is 18.5. The molecule has 0 aliphatic carbocycles. The maximum absolute atomic E-state index is 13.0. The lowest BCUT2D eigenvalue weighted by Crippen LogP contribution is -2.37. The molecule has 0 bridgehead atoms. The number of halogens is 4. The van der Waals surface area contributed by atoms with Gasteiger partial charge >= 0.3 is 11.9 Å². The predicted molar refractivity (Wildman–Crippen MR) is 122 cm³/mol. The van der Waals surface area contributed by atoms with Gasteiger partial charge in [0.05, 0.1) is 18.4 Å². The van der Waals surface area contributed by atoms with Crippen LogP contribution in [0.4, 0.5) is 18.9 Å². The minimum atomic E-state index is -4.94. The molecule has 4 rings (SSSR count). The Balaban J connectivity index is 1.69. The van der Waals surface area contributed by atoms with Crippen LogP contribution in [0.25, 0.3) is 17.1 Å². The van der Waals surface area contributed by atoms with E-state index in [0.29, 0.717) is 22.0 Å². The Hall–Kier alpha value is -4.04. The third kappa shape index (κ3) is 5.44. The van der Waals surface area contributed by atoms with Crippen LogP contribution >= 0.6 is 11.6 Å². The summed E-state index contributed by atoms with van der Waals surface area (Å²) in [7, 11) is 0. The molecule has 0 unspecified atom stereocenters. The summed E-state index contributed by atoms with van der Waals surface area (Å²) in [6, 6.07) is 7.53. The van der Waals surface area contributed by atoms with Gasteiger partial charge in [-0.2, -0.15) is 13.2 Å². The molecule has 36 heavy (non-hydrogen) atoms. The second-order valence-corrected chi connectivity index (χ2v) is 8.05. The van der Waals surface area contributed by atoms with Gasteiger partial charge in [0.1, 0.15) is 18.6 Å². The fraction of sp³-hybridized carbons (Fsp3) is 0.238. The molecule has 188 valence electrons. The molecule has 3 heterocycles. The number of anilines is 1. The molecular weight excluding hydrogens is 505 g/mol. The summed E-state index contributed by atoms with van der Waals surface area (Å²) in [4.78, 5) is 32.6. The number of nitrogens with zero attached hydrogens (tertiary/aromatic N) is 7. The van der Waals surface area contributed by atoms with E-state index >= 15 is 0 Å². The number of amides is 1. The number of carbonyl (C=O) groups excluding carboxylic acids is 1. The van der Waals surface area contributed by atoms with Crippen molar-refractivity contribution in [1.82, 2.24) is 34.1 Å². The summed E-state index contributed by atoms with van der Waals surface area (Å²) in [5, 5.41) is 21.0. The summed E-state index contributed by atoms with van der Waals surface area (Å²) >= 11 is 5.89. The van der Waals surface area contributed by atoms with Crippen LogP contribution in [0, 0.1) is 0 Å². The topological polar surface area (TPSA) is 133 Å². The van der Waals surface area contributed by atoms with Crippen molar-refractivity contribution < 1.29 is 23.1 Å². The Bertz CT molecular complexity index is 1450. The highest BCUT2D eigenvalue weighted by Crippen LogP contribution is 2.24. The number of alkyl halides is 3. The molecule has 15 heteroatoms. The van der Waals surface area contributed by atoms with Gasteiger partial charge in [0.15, 0.2) is 17.8 Å². The fourth-order valence-electron chi connectivity index (χ4n) is 3.28. The van der Waals surface area contributed by atoms with Gasteiger partial charge < -0.3 is 10.4 Å². The summed E-state index contributed by atoms with van der Waals surface area (Å²) in [6.07, 6.45) is -3.47. The van der Waals surface area contributed by atoms with Crippen LogP contribution in [0.1, 0.15) is 12.7 Å². The van der Waals surface area contributed by atoms with Crippen LogP contribution in [-0.2, 0) is 17.9 Å². The number of rotatable bonds is 7. The lowest BCUT2D eigenvalue weighted by molar-refractivity contribution is -0.207. The summed E-state index contributed by atoms with van der Waals surface area (Å²) in [5.74, 6) is -0.298. The van der Waals surface area contributed by atoms with Crippen LogP contribution < -0.4 is 11.0 Å². The van der Waals surface area contributed by atoms with Gasteiger partial charge in [-0.15, -0.1) is 10.2 Å². The first-order chi connectivity index (χ1) is 17.0. The van der Waals surface area contributed by atoms with Gasteiger partial charge in [-0.05, 0) is 30.3 Å². The first-order valence-electron chi connectivity index (χ1n) is 10.3. The highest BCUT2D eigenvalue weighted by molar-refractivity contribution is 6.30. The standard InChI is InChI=1S/C21H18ClF3N8O3/c1-12(34)28-15-6-7-26-8-16(15)33-11-27-18(29-33)10-32-20(36)31(9-17(35)21(23,24)25)19(30-32)13-2-4-14(22)5-3-13/h2-8,11,17,35H,9-10H2,1H3,(H,26,28,34)/t17-/m0/s1. The molecule has 0 spiro atoms. The van der Waals surface area contributed by atoms with E-state index in [-0.39, 0.29) is 24.1 Å². The molecule has 3 aromatic heterocycles. The van der Waals surface area contributed by atoms with Gasteiger partial charge in [0.2, 0.25) is 5.91 Å². The number of aromatic nitrogens is 7. The van der Waals surface area contributed by atoms with E-state index in [1.807, 2.05) is 0 Å². The van der Waals surface area contributed by atoms with Crippen molar-refractivity contribution >= 4 is 23.2 Å². The molecule has 0 saturated heterocycles. The van der Waals surface area contributed by atoms with Crippen molar-refractivity contribution in [2.75, 3.05) is 5.32 Å². The first-order valence-corrected chi connectivity index (χ1v) is 10.7. The van der Waals surface area contributed by atoms with Crippen molar-refractivity contribution in [2.45, 2.75) is 32.3 Å². The van der Waals surface area contributed by atoms with E-state index in [9.17, 15) is 27.9 Å². The van der Waals surface area contributed by atoms with Crippen LogP contribution in [0.5, 0.6) is 0 Å². The molecular formula is C21H18ClF3N8O3. The molecule has 1 atom stereocenters. The van der Waals surface area contributed by atoms with Gasteiger partial charge in [-0.3, -0.25) is 14.3 Å². The van der Waals surface area contributed by atoms with Crippen LogP contribution in [0.2, 0.25) is 5.02 Å². The molecule has 11 nitrogen and oxygen atoms in total. The van der Waals surface area contributed by atoms with Crippen molar-refractivity contribution in [1.29, 1.82) is 0 Å². The van der Waals surface area contributed by atoms with Gasteiger partial charge in [0, 0.05) is 23.7 Å². The molecule has 1 aromatic carbocycles. The summed E-state index contributed by atoms with van der Waals surface area (Å²) < 4.78 is 42.0. The van der Waals surface area contributed by atoms with E-state index in [1.165, 1.54) is 54.6 Å². The molecule has 4 aromatic rings. The number of nitrogens with one attached hydrogen (secondary N) is 1. The average Bonchev–Trinajstić information content (AvgIpc) is 3.39. The molecule has 1 amide bonds. The van der Waals surface area contributed by atoms with Crippen LogP contribution in [0.15, 0.2) is 53.8 Å². The first kappa shape index (κ1) is 25.1. The largest absolute Gasteiger partial charge is 0.416 e. The lowest BCUT2D eigenvalue weighted by Gasteiger charge is -2.15. The number of aliphatic hydroxyl groups excluding tert-OH is 1. The van der Waals surface area contributed by atoms with Crippen LogP contribution in [-0.4, -0.2) is 57.4 Å². The van der Waals surface area contributed by atoms with Gasteiger partial charge in [-0.25, -0.2) is 19.1 Å². The molecule has 0 aliphatic heterocycles. The van der Waals surface area contributed by atoms with Crippen molar-refractivity contribution in [3.63, 3.8) is 0 Å². The second kappa shape index (κ2) is 9.91. The third-order valence-electron chi connectivity index (χ3n) is 4.95. The number of benzene rings is 1. The van der Waals surface area contributed by atoms with Crippen molar-refractivity contribution in [2.24, 2.45) is 0 Å². The Kier molecular flexibility index (Phi) is 6.90. The van der Waals surface area contributed by atoms with Gasteiger partial charge in [0.25, 0.3) is 0 Å². The van der Waals surface area contributed by atoms with Crippen LogP contribution in [0.3, 0.4) is 0 Å². The lowest BCUT2D eigenvalue weighted by atomic mass is 10.2.